The summed E-state index contributed by atoms with van der Waals surface area (Å²) in [6.45, 7) is 0. The summed E-state index contributed by atoms with van der Waals surface area (Å²) in [5, 5.41) is 8.42. The van der Waals surface area contributed by atoms with E-state index in [2.05, 4.69) is 4.98 Å². The first-order valence-electron chi connectivity index (χ1n) is 7.02. The standard InChI is InChI=1S/C15H8F8N2O3/c16-10-5-7(11(26)25-27)6-24-12(10)28-9-3-1-8(2-4-9)13(17,18)14(19,20)15(21,22)23/h1-6,27H,(H,25,26). The van der Waals surface area contributed by atoms with Crippen molar-refractivity contribution < 1.29 is 49.9 Å². The van der Waals surface area contributed by atoms with Gasteiger partial charge < -0.3 is 4.74 Å². The fraction of sp³-hybridized carbons (Fsp3) is 0.200. The van der Waals surface area contributed by atoms with E-state index >= 15 is 0 Å². The first kappa shape index (κ1) is 21.3. The third-order valence-electron chi connectivity index (χ3n) is 3.35. The highest BCUT2D eigenvalue weighted by Gasteiger charge is 2.73. The van der Waals surface area contributed by atoms with Crippen molar-refractivity contribution >= 4 is 5.91 Å². The number of aromatic nitrogens is 1. The highest BCUT2D eigenvalue weighted by Crippen LogP contribution is 2.51. The topological polar surface area (TPSA) is 71.5 Å². The monoisotopic (exact) mass is 416 g/mol. The number of carbonyl (C=O) groups is 1. The summed E-state index contributed by atoms with van der Waals surface area (Å²) in [6, 6.07) is 2.32. The molecule has 0 aliphatic heterocycles. The van der Waals surface area contributed by atoms with Gasteiger partial charge in [0, 0.05) is 11.8 Å². The Morgan fingerprint density at radius 1 is 1.04 bits per heavy atom. The summed E-state index contributed by atoms with van der Waals surface area (Å²) in [4.78, 5) is 14.5. The number of alkyl halides is 7. The summed E-state index contributed by atoms with van der Waals surface area (Å²) < 4.78 is 108. The van der Waals surface area contributed by atoms with E-state index in [0.717, 1.165) is 6.20 Å². The van der Waals surface area contributed by atoms with Crippen molar-refractivity contribution in [3.8, 4) is 11.6 Å². The lowest BCUT2D eigenvalue weighted by atomic mass is 10.0. The van der Waals surface area contributed by atoms with Crippen molar-refractivity contribution in [2.24, 2.45) is 0 Å². The minimum atomic E-state index is -6.48. The number of rotatable bonds is 5. The lowest BCUT2D eigenvalue weighted by Gasteiger charge is -2.28. The molecule has 0 spiro atoms. The smallest absolute Gasteiger partial charge is 0.436 e. The number of hydroxylamine groups is 1. The number of carbonyl (C=O) groups excluding carboxylic acids is 1. The molecule has 0 radical (unpaired) electrons. The quantitative estimate of drug-likeness (QED) is 0.430. The van der Waals surface area contributed by atoms with Gasteiger partial charge in [-0.1, -0.05) is 0 Å². The highest BCUT2D eigenvalue weighted by molar-refractivity contribution is 5.93. The van der Waals surface area contributed by atoms with Crippen molar-refractivity contribution in [3.63, 3.8) is 0 Å². The number of pyridine rings is 1. The molecule has 0 fully saturated rings. The van der Waals surface area contributed by atoms with E-state index in [1.807, 2.05) is 0 Å². The van der Waals surface area contributed by atoms with E-state index in [9.17, 15) is 39.9 Å². The Morgan fingerprint density at radius 3 is 2.07 bits per heavy atom. The summed E-state index contributed by atoms with van der Waals surface area (Å²) in [6.07, 6.45) is -5.70. The lowest BCUT2D eigenvalue weighted by molar-refractivity contribution is -0.359. The molecular weight excluding hydrogens is 408 g/mol. The van der Waals surface area contributed by atoms with Crippen LogP contribution in [0.25, 0.3) is 0 Å². The van der Waals surface area contributed by atoms with Crippen LogP contribution in [0.15, 0.2) is 36.5 Å². The van der Waals surface area contributed by atoms with Gasteiger partial charge in [-0.15, -0.1) is 0 Å². The summed E-state index contributed by atoms with van der Waals surface area (Å²) >= 11 is 0. The van der Waals surface area contributed by atoms with Crippen molar-refractivity contribution in [1.82, 2.24) is 10.5 Å². The Hall–Kier alpha value is -2.96. The number of hydrogen-bond donors (Lipinski definition) is 2. The minimum Gasteiger partial charge on any atom is -0.436 e. The number of nitrogens with zero attached hydrogens (tertiary/aromatic N) is 1. The van der Waals surface area contributed by atoms with Crippen molar-refractivity contribution in [3.05, 3.63) is 53.5 Å². The Labute approximate surface area is 150 Å². The molecule has 1 heterocycles. The van der Waals surface area contributed by atoms with E-state index in [0.29, 0.717) is 18.2 Å². The van der Waals surface area contributed by atoms with E-state index in [1.54, 1.807) is 0 Å². The van der Waals surface area contributed by atoms with Gasteiger partial charge in [0.15, 0.2) is 5.82 Å². The maximum atomic E-state index is 13.8. The number of halogens is 8. The molecule has 1 amide bonds. The molecule has 0 bridgehead atoms. The fourth-order valence-corrected chi connectivity index (χ4v) is 1.89. The van der Waals surface area contributed by atoms with Gasteiger partial charge in [-0.25, -0.2) is 14.9 Å². The zero-order chi connectivity index (χ0) is 21.3. The van der Waals surface area contributed by atoms with Crippen LogP contribution in [0, 0.1) is 5.82 Å². The molecule has 28 heavy (non-hydrogen) atoms. The average Bonchev–Trinajstić information content (AvgIpc) is 2.62. The molecule has 5 nitrogen and oxygen atoms in total. The van der Waals surface area contributed by atoms with E-state index in [1.165, 1.54) is 5.48 Å². The van der Waals surface area contributed by atoms with Crippen LogP contribution in [0.1, 0.15) is 15.9 Å². The molecule has 2 N–H and O–H groups in total. The summed E-state index contributed by atoms with van der Waals surface area (Å²) in [5.41, 5.74) is -0.818. The van der Waals surface area contributed by atoms with Crippen LogP contribution in [0.4, 0.5) is 35.1 Å². The van der Waals surface area contributed by atoms with Gasteiger partial charge in [0.2, 0.25) is 0 Å². The maximum Gasteiger partial charge on any atom is 0.460 e. The molecule has 0 aliphatic rings. The fourth-order valence-electron chi connectivity index (χ4n) is 1.89. The van der Waals surface area contributed by atoms with Crippen LogP contribution in [0.2, 0.25) is 0 Å². The number of ether oxygens (including phenoxy) is 1. The average molecular weight is 416 g/mol. The number of nitrogens with one attached hydrogen (secondary N) is 1. The zero-order valence-electron chi connectivity index (χ0n) is 13.2. The molecule has 152 valence electrons. The van der Waals surface area contributed by atoms with Crippen LogP contribution in [0.3, 0.4) is 0 Å². The molecule has 1 aromatic heterocycles. The molecule has 0 saturated heterocycles. The third-order valence-corrected chi connectivity index (χ3v) is 3.35. The van der Waals surface area contributed by atoms with E-state index < -0.39 is 52.5 Å². The number of benzene rings is 1. The van der Waals surface area contributed by atoms with Crippen LogP contribution in [0.5, 0.6) is 11.6 Å². The normalized spacial score (nSPS) is 12.6. The zero-order valence-corrected chi connectivity index (χ0v) is 13.2. The second kappa shape index (κ2) is 7.22. The van der Waals surface area contributed by atoms with Crippen molar-refractivity contribution in [1.29, 1.82) is 0 Å². The molecule has 0 aliphatic carbocycles. The second-order valence-electron chi connectivity index (χ2n) is 5.22. The van der Waals surface area contributed by atoms with E-state index in [-0.39, 0.29) is 12.1 Å². The lowest BCUT2D eigenvalue weighted by Crippen LogP contribution is -2.49. The van der Waals surface area contributed by atoms with Crippen LogP contribution in [-0.4, -0.2) is 28.2 Å². The Bertz CT molecular complexity index is 869. The largest absolute Gasteiger partial charge is 0.460 e. The SMILES string of the molecule is O=C(NO)c1cnc(Oc2ccc(C(F)(F)C(F)(F)C(F)(F)F)cc2)c(F)c1. The predicted octanol–water partition coefficient (Wildman–Crippen LogP) is 4.42. The summed E-state index contributed by atoms with van der Waals surface area (Å²) in [7, 11) is 0. The Morgan fingerprint density at radius 2 is 1.61 bits per heavy atom. The second-order valence-corrected chi connectivity index (χ2v) is 5.22. The van der Waals surface area contributed by atoms with Gasteiger partial charge in [-0.05, 0) is 30.3 Å². The molecule has 0 unspecified atom stereocenters. The van der Waals surface area contributed by atoms with Gasteiger partial charge in [0.05, 0.1) is 5.56 Å². The van der Waals surface area contributed by atoms with Crippen LogP contribution in [-0.2, 0) is 5.92 Å². The third kappa shape index (κ3) is 3.83. The highest BCUT2D eigenvalue weighted by atomic mass is 19.4. The van der Waals surface area contributed by atoms with Crippen LogP contribution >= 0.6 is 0 Å². The molecule has 2 rings (SSSR count). The van der Waals surface area contributed by atoms with Crippen LogP contribution < -0.4 is 10.2 Å². The van der Waals surface area contributed by atoms with Crippen molar-refractivity contribution in [2.75, 3.05) is 0 Å². The molecule has 1 aromatic carbocycles. The van der Waals surface area contributed by atoms with Crippen molar-refractivity contribution in [2.45, 2.75) is 18.0 Å². The first-order chi connectivity index (χ1) is 12.8. The van der Waals surface area contributed by atoms with Gasteiger partial charge in [-0.2, -0.15) is 30.7 Å². The molecule has 2 aromatic rings. The minimum absolute atomic E-state index is 0.250. The Balaban J connectivity index is 2.25. The van der Waals surface area contributed by atoms with Gasteiger partial charge in [0.25, 0.3) is 11.8 Å². The molecule has 13 heteroatoms. The maximum absolute atomic E-state index is 13.8. The van der Waals surface area contributed by atoms with E-state index in [4.69, 9.17) is 9.94 Å². The number of hydrogen-bond acceptors (Lipinski definition) is 4. The predicted molar refractivity (Wildman–Crippen MR) is 74.9 cm³/mol. The molecule has 0 saturated carbocycles. The number of amides is 1. The summed E-state index contributed by atoms with van der Waals surface area (Å²) in [5.74, 6) is -15.4. The first-order valence-corrected chi connectivity index (χ1v) is 7.02. The molecular formula is C15H8F8N2O3. The Kier molecular flexibility index (Phi) is 5.50. The van der Waals surface area contributed by atoms with Gasteiger partial charge in [-0.3, -0.25) is 10.0 Å². The van der Waals surface area contributed by atoms with Gasteiger partial charge >= 0.3 is 18.0 Å². The van der Waals surface area contributed by atoms with Gasteiger partial charge in [0.1, 0.15) is 5.75 Å². The molecule has 0 atom stereocenters.